The molecule has 2 aromatic rings. The summed E-state index contributed by atoms with van der Waals surface area (Å²) in [7, 11) is 0. The predicted molar refractivity (Wildman–Crippen MR) is 136 cm³/mol. The van der Waals surface area contributed by atoms with Crippen LogP contribution in [0.25, 0.3) is 6.08 Å². The minimum Gasteiger partial charge on any atom is -0.494 e. The van der Waals surface area contributed by atoms with Crippen molar-refractivity contribution in [2.24, 2.45) is 10.1 Å². The van der Waals surface area contributed by atoms with Crippen molar-refractivity contribution in [1.29, 1.82) is 5.41 Å². The SMILES string of the molecule is Cc1ccc(OCCCn2cccc2/C=C2\C(=N)N3N=C(N4CCCCC4)SC3=NC2=O)cc1. The quantitative estimate of drug-likeness (QED) is 0.495. The molecule has 0 radical (unpaired) electrons. The Morgan fingerprint density at radius 2 is 1.91 bits per heavy atom. The molecule has 0 unspecified atom stereocenters. The van der Waals surface area contributed by atoms with E-state index in [1.807, 2.05) is 42.6 Å². The molecule has 0 saturated carbocycles. The predicted octanol–water partition coefficient (Wildman–Crippen LogP) is 4.33. The van der Waals surface area contributed by atoms with Crippen LogP contribution in [0.4, 0.5) is 0 Å². The summed E-state index contributed by atoms with van der Waals surface area (Å²) in [6.45, 7) is 5.30. The first-order valence-electron chi connectivity index (χ1n) is 11.7. The number of thioether (sulfide) groups is 1. The number of rotatable bonds is 6. The fourth-order valence-electron chi connectivity index (χ4n) is 4.16. The molecule has 4 heterocycles. The number of aromatic nitrogens is 1. The number of ether oxygens (including phenoxy) is 1. The van der Waals surface area contributed by atoms with Gasteiger partial charge in [-0.15, -0.1) is 5.10 Å². The average Bonchev–Trinajstić information content (AvgIpc) is 3.48. The second-order valence-corrected chi connectivity index (χ2v) is 9.53. The van der Waals surface area contributed by atoms with Crippen molar-refractivity contribution in [3.8, 4) is 5.75 Å². The van der Waals surface area contributed by atoms with E-state index in [1.54, 1.807) is 6.08 Å². The summed E-state index contributed by atoms with van der Waals surface area (Å²) in [5, 5.41) is 16.0. The van der Waals surface area contributed by atoms with Crippen LogP contribution < -0.4 is 4.74 Å². The van der Waals surface area contributed by atoms with Crippen molar-refractivity contribution in [3.05, 3.63) is 59.4 Å². The van der Waals surface area contributed by atoms with E-state index in [9.17, 15) is 4.79 Å². The zero-order chi connectivity index (χ0) is 23.5. The zero-order valence-electron chi connectivity index (χ0n) is 19.2. The normalized spacial score (nSPS) is 19.4. The number of carbonyl (C=O) groups excluding carboxylic acids is 1. The first-order valence-corrected chi connectivity index (χ1v) is 12.5. The molecule has 8 nitrogen and oxygen atoms in total. The van der Waals surface area contributed by atoms with Crippen LogP contribution in [0.5, 0.6) is 5.75 Å². The molecule has 1 N–H and O–H groups in total. The molecule has 1 aromatic carbocycles. The molecule has 34 heavy (non-hydrogen) atoms. The lowest BCUT2D eigenvalue weighted by molar-refractivity contribution is -0.114. The first-order chi connectivity index (χ1) is 16.6. The number of likely N-dealkylation sites (tertiary alicyclic amines) is 1. The molecule has 5 rings (SSSR count). The Bertz CT molecular complexity index is 1170. The topological polar surface area (TPSA) is 86.3 Å². The molecule has 0 atom stereocenters. The Hall–Kier alpha value is -3.33. The van der Waals surface area contributed by atoms with Crippen LogP contribution in [0.2, 0.25) is 0 Å². The molecule has 3 aliphatic rings. The summed E-state index contributed by atoms with van der Waals surface area (Å²) in [6.07, 6.45) is 8.05. The highest BCUT2D eigenvalue weighted by Gasteiger charge is 2.37. The lowest BCUT2D eigenvalue weighted by Gasteiger charge is -2.26. The summed E-state index contributed by atoms with van der Waals surface area (Å²) in [5.41, 5.74) is 2.32. The van der Waals surface area contributed by atoms with Crippen LogP contribution in [0.1, 0.15) is 36.9 Å². The number of carbonyl (C=O) groups is 1. The largest absolute Gasteiger partial charge is 0.494 e. The number of aliphatic imine (C=N–C) groups is 1. The Morgan fingerprint density at radius 1 is 1.12 bits per heavy atom. The molecule has 1 fully saturated rings. The number of piperidine rings is 1. The summed E-state index contributed by atoms with van der Waals surface area (Å²) >= 11 is 1.38. The highest BCUT2D eigenvalue weighted by atomic mass is 32.2. The molecule has 0 bridgehead atoms. The minimum absolute atomic E-state index is 0.0740. The molecule has 1 saturated heterocycles. The van der Waals surface area contributed by atoms with Gasteiger partial charge in [0.05, 0.1) is 12.2 Å². The van der Waals surface area contributed by atoms with Crippen molar-refractivity contribution < 1.29 is 9.53 Å². The van der Waals surface area contributed by atoms with Gasteiger partial charge in [-0.25, -0.2) is 0 Å². The van der Waals surface area contributed by atoms with Crippen molar-refractivity contribution >= 4 is 39.9 Å². The van der Waals surface area contributed by atoms with E-state index in [1.165, 1.54) is 28.8 Å². The van der Waals surface area contributed by atoms with Crippen LogP contribution in [0, 0.1) is 12.3 Å². The van der Waals surface area contributed by atoms with Gasteiger partial charge in [0.25, 0.3) is 5.91 Å². The molecule has 9 heteroatoms. The number of hydrogen-bond donors (Lipinski definition) is 1. The third kappa shape index (κ3) is 4.79. The number of benzene rings is 1. The molecular formula is C25H28N6O2S. The van der Waals surface area contributed by atoms with E-state index in [0.29, 0.717) is 11.8 Å². The second-order valence-electron chi connectivity index (χ2n) is 8.59. The van der Waals surface area contributed by atoms with E-state index >= 15 is 0 Å². The van der Waals surface area contributed by atoms with E-state index in [0.717, 1.165) is 55.5 Å². The van der Waals surface area contributed by atoms with Gasteiger partial charge in [-0.2, -0.15) is 10.0 Å². The van der Waals surface area contributed by atoms with Crippen molar-refractivity contribution in [2.75, 3.05) is 19.7 Å². The maximum atomic E-state index is 12.8. The molecule has 176 valence electrons. The smallest absolute Gasteiger partial charge is 0.283 e. The highest BCUT2D eigenvalue weighted by Crippen LogP contribution is 2.30. The van der Waals surface area contributed by atoms with Crippen LogP contribution in [-0.2, 0) is 11.3 Å². The van der Waals surface area contributed by atoms with Gasteiger partial charge in [0, 0.05) is 31.5 Å². The van der Waals surface area contributed by atoms with Crippen LogP contribution in [-0.4, -0.2) is 56.3 Å². The fraction of sp³-hybridized carbons (Fsp3) is 0.360. The van der Waals surface area contributed by atoms with Gasteiger partial charge in [-0.05, 0) is 74.7 Å². The lowest BCUT2D eigenvalue weighted by atomic mass is 10.1. The number of aryl methyl sites for hydroxylation is 2. The second kappa shape index (κ2) is 9.89. The fourth-order valence-corrected chi connectivity index (χ4v) is 5.11. The highest BCUT2D eigenvalue weighted by molar-refractivity contribution is 8.26. The first kappa shape index (κ1) is 22.5. The molecule has 0 aliphatic carbocycles. The third-order valence-electron chi connectivity index (χ3n) is 6.06. The number of amidine groups is 3. The van der Waals surface area contributed by atoms with Crippen molar-refractivity contribution in [1.82, 2.24) is 14.5 Å². The third-order valence-corrected chi connectivity index (χ3v) is 7.03. The molecule has 1 amide bonds. The minimum atomic E-state index is -0.394. The van der Waals surface area contributed by atoms with Gasteiger partial charge < -0.3 is 14.2 Å². The molecule has 3 aliphatic heterocycles. The Balaban J connectivity index is 1.25. The van der Waals surface area contributed by atoms with Crippen LogP contribution in [0.3, 0.4) is 0 Å². The van der Waals surface area contributed by atoms with Crippen molar-refractivity contribution in [2.45, 2.75) is 39.2 Å². The Labute approximate surface area is 203 Å². The molecule has 1 aromatic heterocycles. The standard InChI is InChI=1S/C25H28N6O2S/c1-18-8-10-20(11-9-18)33-16-6-15-29-14-5-7-19(29)17-21-22(26)31-24(27-23(21)32)34-25(28-31)30-12-3-2-4-13-30/h5,7-11,14,17,26H,2-4,6,12-13,15-16H2,1H3/b21-17+,26-22?. The summed E-state index contributed by atoms with van der Waals surface area (Å²) in [6, 6.07) is 11.9. The Morgan fingerprint density at radius 3 is 2.71 bits per heavy atom. The molecular weight excluding hydrogens is 448 g/mol. The Kier molecular flexibility index (Phi) is 6.53. The van der Waals surface area contributed by atoms with Gasteiger partial charge >= 0.3 is 0 Å². The number of fused-ring (bicyclic) bond motifs is 1. The summed E-state index contributed by atoms with van der Waals surface area (Å²) in [5.74, 6) is 0.544. The van der Waals surface area contributed by atoms with Crippen LogP contribution in [0.15, 0.2) is 58.3 Å². The van der Waals surface area contributed by atoms with Gasteiger partial charge in [0.15, 0.2) is 11.0 Å². The van der Waals surface area contributed by atoms with Gasteiger partial charge in [-0.1, -0.05) is 17.7 Å². The lowest BCUT2D eigenvalue weighted by Crippen LogP contribution is -2.35. The van der Waals surface area contributed by atoms with Crippen LogP contribution >= 0.6 is 11.8 Å². The number of nitrogens with zero attached hydrogens (tertiary/aromatic N) is 5. The summed E-state index contributed by atoms with van der Waals surface area (Å²) in [4.78, 5) is 19.2. The number of hydrazone groups is 1. The van der Waals surface area contributed by atoms with E-state index in [2.05, 4.69) is 26.5 Å². The number of hydrogen-bond acceptors (Lipinski definition) is 6. The average molecular weight is 477 g/mol. The van der Waals surface area contributed by atoms with Crippen molar-refractivity contribution in [3.63, 3.8) is 0 Å². The zero-order valence-corrected chi connectivity index (χ0v) is 20.1. The summed E-state index contributed by atoms with van der Waals surface area (Å²) < 4.78 is 7.89. The van der Waals surface area contributed by atoms with Gasteiger partial charge in [0.1, 0.15) is 5.75 Å². The maximum absolute atomic E-state index is 12.8. The van der Waals surface area contributed by atoms with Gasteiger partial charge in [0.2, 0.25) is 5.17 Å². The molecule has 0 spiro atoms. The van der Waals surface area contributed by atoms with E-state index in [4.69, 9.17) is 10.1 Å². The number of amides is 1. The van der Waals surface area contributed by atoms with Gasteiger partial charge in [-0.3, -0.25) is 10.2 Å². The monoisotopic (exact) mass is 476 g/mol. The van der Waals surface area contributed by atoms with E-state index < -0.39 is 5.91 Å². The number of nitrogens with one attached hydrogen (secondary N) is 1. The maximum Gasteiger partial charge on any atom is 0.283 e. The van der Waals surface area contributed by atoms with E-state index in [-0.39, 0.29) is 11.4 Å².